The zero-order valence-corrected chi connectivity index (χ0v) is 11.7. The Morgan fingerprint density at radius 2 is 2.10 bits per heavy atom. The third-order valence-corrected chi connectivity index (χ3v) is 2.68. The molecule has 0 fully saturated rings. The van der Waals surface area contributed by atoms with Crippen molar-refractivity contribution in [1.82, 2.24) is 5.32 Å². The average Bonchev–Trinajstić information content (AvgIpc) is 2.37. The van der Waals surface area contributed by atoms with Gasteiger partial charge in [-0.05, 0) is 24.5 Å². The maximum atomic E-state index is 13.4. The summed E-state index contributed by atoms with van der Waals surface area (Å²) in [7, 11) is 0. The number of rotatable bonds is 5. The summed E-state index contributed by atoms with van der Waals surface area (Å²) in [6.07, 6.45) is 0.261. The van der Waals surface area contributed by atoms with E-state index in [1.807, 2.05) is 13.8 Å². The highest BCUT2D eigenvalue weighted by molar-refractivity contribution is 5.93. The summed E-state index contributed by atoms with van der Waals surface area (Å²) in [6.45, 7) is 3.66. The van der Waals surface area contributed by atoms with E-state index in [0.717, 1.165) is 6.07 Å². The molecule has 0 saturated carbocycles. The van der Waals surface area contributed by atoms with Gasteiger partial charge in [0.1, 0.15) is 23.5 Å². The van der Waals surface area contributed by atoms with Crippen molar-refractivity contribution in [2.45, 2.75) is 26.3 Å². The van der Waals surface area contributed by atoms with Crippen LogP contribution in [0.2, 0.25) is 0 Å². The van der Waals surface area contributed by atoms with Gasteiger partial charge in [-0.3, -0.25) is 0 Å². The van der Waals surface area contributed by atoms with E-state index >= 15 is 0 Å². The van der Waals surface area contributed by atoms with Crippen LogP contribution in [0.3, 0.4) is 0 Å². The maximum absolute atomic E-state index is 13.4. The summed E-state index contributed by atoms with van der Waals surface area (Å²) < 4.78 is 13.4. The zero-order chi connectivity index (χ0) is 16.0. The second-order valence-corrected chi connectivity index (χ2v) is 4.89. The van der Waals surface area contributed by atoms with Crippen LogP contribution in [0, 0.1) is 23.1 Å². The molecule has 1 rings (SSSR count). The molecular formula is C14H16FN3O3. The average molecular weight is 293 g/mol. The highest BCUT2D eigenvalue weighted by Gasteiger charge is 2.21. The van der Waals surface area contributed by atoms with E-state index in [1.165, 1.54) is 12.1 Å². The normalized spacial score (nSPS) is 11.6. The van der Waals surface area contributed by atoms with Crippen LogP contribution in [0.5, 0.6) is 0 Å². The molecule has 1 atom stereocenters. The van der Waals surface area contributed by atoms with Crippen molar-refractivity contribution in [2.75, 3.05) is 5.32 Å². The third kappa shape index (κ3) is 4.76. The van der Waals surface area contributed by atoms with Gasteiger partial charge < -0.3 is 15.7 Å². The highest BCUT2D eigenvalue weighted by Crippen LogP contribution is 2.17. The van der Waals surface area contributed by atoms with Crippen LogP contribution in [0.25, 0.3) is 0 Å². The second-order valence-electron chi connectivity index (χ2n) is 4.89. The standard InChI is InChI=1S/C14H16FN3O3/c1-8(2)6-12(13(19)20)18-14(21)17-11-5-3-4-10(15)9(11)7-16/h3-5,8,12H,6H2,1-2H3,(H,19,20)(H2,17,18,21). The lowest BCUT2D eigenvalue weighted by molar-refractivity contribution is -0.139. The molecule has 21 heavy (non-hydrogen) atoms. The fourth-order valence-corrected chi connectivity index (χ4v) is 1.75. The lowest BCUT2D eigenvalue weighted by atomic mass is 10.0. The monoisotopic (exact) mass is 293 g/mol. The molecule has 0 radical (unpaired) electrons. The Balaban J connectivity index is 2.80. The summed E-state index contributed by atoms with van der Waals surface area (Å²) >= 11 is 0. The molecule has 1 aromatic carbocycles. The Labute approximate surface area is 121 Å². The van der Waals surface area contributed by atoms with E-state index in [0.29, 0.717) is 0 Å². The van der Waals surface area contributed by atoms with E-state index in [2.05, 4.69) is 10.6 Å². The molecule has 0 aliphatic rings. The van der Waals surface area contributed by atoms with Crippen molar-refractivity contribution in [2.24, 2.45) is 5.92 Å². The fraction of sp³-hybridized carbons (Fsp3) is 0.357. The Morgan fingerprint density at radius 3 is 2.62 bits per heavy atom. The Hall–Kier alpha value is -2.62. The minimum Gasteiger partial charge on any atom is -0.480 e. The van der Waals surface area contributed by atoms with E-state index in [1.54, 1.807) is 6.07 Å². The number of anilines is 1. The number of carboxylic acids is 1. The minimum atomic E-state index is -1.15. The van der Waals surface area contributed by atoms with Crippen molar-refractivity contribution in [3.05, 3.63) is 29.6 Å². The first-order chi connectivity index (χ1) is 9.85. The van der Waals surface area contributed by atoms with Crippen molar-refractivity contribution in [3.8, 4) is 6.07 Å². The number of carbonyl (C=O) groups is 2. The first-order valence-corrected chi connectivity index (χ1v) is 6.34. The lowest BCUT2D eigenvalue weighted by Gasteiger charge is -2.17. The number of hydrogen-bond donors (Lipinski definition) is 3. The number of carbonyl (C=O) groups excluding carboxylic acids is 1. The number of amides is 2. The fourth-order valence-electron chi connectivity index (χ4n) is 1.75. The van der Waals surface area contributed by atoms with Crippen LogP contribution in [-0.2, 0) is 4.79 Å². The van der Waals surface area contributed by atoms with Crippen molar-refractivity contribution in [3.63, 3.8) is 0 Å². The molecule has 0 bridgehead atoms. The predicted octanol–water partition coefficient (Wildman–Crippen LogP) is 2.32. The van der Waals surface area contributed by atoms with Crippen LogP contribution in [0.1, 0.15) is 25.8 Å². The molecule has 1 unspecified atom stereocenters. The molecule has 6 nitrogen and oxygen atoms in total. The molecule has 7 heteroatoms. The van der Waals surface area contributed by atoms with Gasteiger partial charge in [-0.15, -0.1) is 0 Å². The molecule has 0 aliphatic heterocycles. The number of halogens is 1. The molecule has 3 N–H and O–H groups in total. The SMILES string of the molecule is CC(C)CC(NC(=O)Nc1cccc(F)c1C#N)C(=O)O. The summed E-state index contributed by atoms with van der Waals surface area (Å²) in [5.74, 6) is -1.83. The first kappa shape index (κ1) is 16.4. The van der Waals surface area contributed by atoms with Crippen molar-refractivity contribution < 1.29 is 19.1 Å². The number of nitrogens with zero attached hydrogens (tertiary/aromatic N) is 1. The Kier molecular flexibility index (Phi) is 5.67. The molecule has 2 amide bonds. The van der Waals surface area contributed by atoms with Crippen LogP contribution in [0.4, 0.5) is 14.9 Å². The van der Waals surface area contributed by atoms with E-state index < -0.39 is 23.9 Å². The summed E-state index contributed by atoms with van der Waals surface area (Å²) in [5, 5.41) is 22.4. The van der Waals surface area contributed by atoms with E-state index in [9.17, 15) is 14.0 Å². The van der Waals surface area contributed by atoms with Crippen molar-refractivity contribution >= 4 is 17.7 Å². The van der Waals surface area contributed by atoms with Gasteiger partial charge in [-0.2, -0.15) is 5.26 Å². The van der Waals surface area contributed by atoms with Gasteiger partial charge in [0, 0.05) is 0 Å². The first-order valence-electron chi connectivity index (χ1n) is 6.34. The topological polar surface area (TPSA) is 102 Å². The number of urea groups is 1. The molecule has 0 saturated heterocycles. The van der Waals surface area contributed by atoms with E-state index in [4.69, 9.17) is 10.4 Å². The number of hydrogen-bond acceptors (Lipinski definition) is 3. The molecule has 0 aliphatic carbocycles. The molecule has 1 aromatic rings. The Bertz CT molecular complexity index is 581. The zero-order valence-electron chi connectivity index (χ0n) is 11.7. The Morgan fingerprint density at radius 1 is 1.43 bits per heavy atom. The smallest absolute Gasteiger partial charge is 0.326 e. The summed E-state index contributed by atoms with van der Waals surface area (Å²) in [6, 6.07) is 3.59. The summed E-state index contributed by atoms with van der Waals surface area (Å²) in [4.78, 5) is 22.8. The summed E-state index contributed by atoms with van der Waals surface area (Å²) in [5.41, 5.74) is -0.313. The van der Waals surface area contributed by atoms with Gasteiger partial charge >= 0.3 is 12.0 Å². The van der Waals surface area contributed by atoms with Gasteiger partial charge in [0.25, 0.3) is 0 Å². The second kappa shape index (κ2) is 7.24. The molecule has 0 aromatic heterocycles. The van der Waals surface area contributed by atoms with Crippen LogP contribution < -0.4 is 10.6 Å². The molecule has 0 spiro atoms. The number of nitriles is 1. The largest absolute Gasteiger partial charge is 0.480 e. The van der Waals surface area contributed by atoms with Gasteiger partial charge in [-0.25, -0.2) is 14.0 Å². The lowest BCUT2D eigenvalue weighted by Crippen LogP contribution is -2.43. The molecule has 112 valence electrons. The van der Waals surface area contributed by atoms with Crippen LogP contribution in [0.15, 0.2) is 18.2 Å². The van der Waals surface area contributed by atoms with Gasteiger partial charge in [0.2, 0.25) is 0 Å². The maximum Gasteiger partial charge on any atom is 0.326 e. The number of aliphatic carboxylic acids is 1. The highest BCUT2D eigenvalue weighted by atomic mass is 19.1. The van der Waals surface area contributed by atoms with Gasteiger partial charge in [0.05, 0.1) is 5.69 Å². The third-order valence-electron chi connectivity index (χ3n) is 2.68. The van der Waals surface area contributed by atoms with Crippen molar-refractivity contribution in [1.29, 1.82) is 5.26 Å². The molecular weight excluding hydrogens is 277 g/mol. The van der Waals surface area contributed by atoms with Crippen LogP contribution >= 0.6 is 0 Å². The number of carboxylic acid groups (broad SMARTS) is 1. The van der Waals surface area contributed by atoms with E-state index in [-0.39, 0.29) is 23.6 Å². The van der Waals surface area contributed by atoms with Gasteiger partial charge in [-0.1, -0.05) is 19.9 Å². The number of benzene rings is 1. The molecule has 0 heterocycles. The van der Waals surface area contributed by atoms with Gasteiger partial charge in [0.15, 0.2) is 0 Å². The predicted molar refractivity (Wildman–Crippen MR) is 74.1 cm³/mol. The number of nitrogens with one attached hydrogen (secondary N) is 2. The minimum absolute atomic E-state index is 0.0105. The quantitative estimate of drug-likeness (QED) is 0.775. The van der Waals surface area contributed by atoms with Crippen LogP contribution in [-0.4, -0.2) is 23.1 Å².